The summed E-state index contributed by atoms with van der Waals surface area (Å²) in [5.41, 5.74) is 5.12. The number of amides is 1. The van der Waals surface area contributed by atoms with Crippen LogP contribution in [0.1, 0.15) is 25.7 Å². The molecule has 3 N–H and O–H groups in total. The molecule has 0 saturated carbocycles. The highest BCUT2D eigenvalue weighted by molar-refractivity contribution is 5.86. The zero-order valence-electron chi connectivity index (χ0n) is 9.54. The normalized spacial score (nSPS) is 34.9. The SMILES string of the molecule is NC1(C(=O)NCC2CCCCO2)CCOC1. The third-order valence-electron chi connectivity index (χ3n) is 3.27. The monoisotopic (exact) mass is 228 g/mol. The van der Waals surface area contributed by atoms with Gasteiger partial charge >= 0.3 is 0 Å². The van der Waals surface area contributed by atoms with Crippen LogP contribution in [0.15, 0.2) is 0 Å². The second kappa shape index (κ2) is 5.12. The topological polar surface area (TPSA) is 73.6 Å². The summed E-state index contributed by atoms with van der Waals surface area (Å²) in [7, 11) is 0. The van der Waals surface area contributed by atoms with Crippen LogP contribution in [0.25, 0.3) is 0 Å². The van der Waals surface area contributed by atoms with Crippen molar-refractivity contribution in [2.75, 3.05) is 26.4 Å². The minimum absolute atomic E-state index is 0.112. The van der Waals surface area contributed by atoms with E-state index in [1.165, 1.54) is 6.42 Å². The summed E-state index contributed by atoms with van der Waals surface area (Å²) in [5, 5.41) is 2.87. The summed E-state index contributed by atoms with van der Waals surface area (Å²) in [6, 6.07) is 0. The number of carbonyl (C=O) groups excluding carboxylic acids is 1. The fraction of sp³-hybridized carbons (Fsp3) is 0.909. The van der Waals surface area contributed by atoms with Gasteiger partial charge in [0.1, 0.15) is 5.54 Å². The predicted octanol–water partition coefficient (Wildman–Crippen LogP) is -0.211. The van der Waals surface area contributed by atoms with Crippen molar-refractivity contribution in [3.05, 3.63) is 0 Å². The highest BCUT2D eigenvalue weighted by atomic mass is 16.5. The Labute approximate surface area is 95.7 Å². The third-order valence-corrected chi connectivity index (χ3v) is 3.27. The maximum Gasteiger partial charge on any atom is 0.242 e. The molecule has 0 bridgehead atoms. The summed E-state index contributed by atoms with van der Waals surface area (Å²) in [6.07, 6.45) is 4.08. The van der Waals surface area contributed by atoms with Crippen LogP contribution in [0.5, 0.6) is 0 Å². The number of hydrogen-bond acceptors (Lipinski definition) is 4. The number of carbonyl (C=O) groups is 1. The Morgan fingerprint density at radius 3 is 2.94 bits per heavy atom. The van der Waals surface area contributed by atoms with Gasteiger partial charge in [-0.3, -0.25) is 4.79 Å². The minimum Gasteiger partial charge on any atom is -0.379 e. The summed E-state index contributed by atoms with van der Waals surface area (Å²) in [6.45, 7) is 2.27. The van der Waals surface area contributed by atoms with E-state index in [-0.39, 0.29) is 12.0 Å². The third kappa shape index (κ3) is 2.72. The first-order valence-electron chi connectivity index (χ1n) is 5.97. The Hall–Kier alpha value is -0.650. The lowest BCUT2D eigenvalue weighted by atomic mass is 9.99. The quantitative estimate of drug-likeness (QED) is 0.701. The fourth-order valence-corrected chi connectivity index (χ4v) is 2.11. The van der Waals surface area contributed by atoms with E-state index in [1.807, 2.05) is 0 Å². The van der Waals surface area contributed by atoms with Crippen LogP contribution in [-0.2, 0) is 14.3 Å². The summed E-state index contributed by atoms with van der Waals surface area (Å²) < 4.78 is 10.7. The van der Waals surface area contributed by atoms with Crippen LogP contribution in [0, 0.1) is 0 Å². The molecule has 1 amide bonds. The molecule has 2 heterocycles. The van der Waals surface area contributed by atoms with Crippen LogP contribution in [0.3, 0.4) is 0 Å². The molecule has 0 aliphatic carbocycles. The lowest BCUT2D eigenvalue weighted by Crippen LogP contribution is -2.55. The molecular formula is C11H20N2O3. The highest BCUT2D eigenvalue weighted by Gasteiger charge is 2.38. The van der Waals surface area contributed by atoms with E-state index in [2.05, 4.69) is 5.32 Å². The second-order valence-electron chi connectivity index (χ2n) is 4.66. The molecule has 2 unspecified atom stereocenters. The van der Waals surface area contributed by atoms with Gasteiger partial charge < -0.3 is 20.5 Å². The van der Waals surface area contributed by atoms with E-state index >= 15 is 0 Å². The average Bonchev–Trinajstić information content (AvgIpc) is 2.76. The lowest BCUT2D eigenvalue weighted by molar-refractivity contribution is -0.127. The van der Waals surface area contributed by atoms with Gasteiger partial charge in [-0.15, -0.1) is 0 Å². The molecule has 0 aromatic heterocycles. The zero-order valence-corrected chi connectivity index (χ0v) is 9.54. The van der Waals surface area contributed by atoms with Gasteiger partial charge in [0.05, 0.1) is 12.7 Å². The van der Waals surface area contributed by atoms with Crippen LogP contribution in [-0.4, -0.2) is 43.9 Å². The molecule has 16 heavy (non-hydrogen) atoms. The molecule has 2 fully saturated rings. The first-order chi connectivity index (χ1) is 7.71. The molecular weight excluding hydrogens is 208 g/mol. The van der Waals surface area contributed by atoms with Crippen molar-refractivity contribution in [2.24, 2.45) is 5.73 Å². The second-order valence-corrected chi connectivity index (χ2v) is 4.66. The predicted molar refractivity (Wildman–Crippen MR) is 59.0 cm³/mol. The molecule has 92 valence electrons. The summed E-state index contributed by atoms with van der Waals surface area (Å²) >= 11 is 0. The van der Waals surface area contributed by atoms with Crippen molar-refractivity contribution in [2.45, 2.75) is 37.3 Å². The van der Waals surface area contributed by atoms with Crippen LogP contribution < -0.4 is 11.1 Å². The molecule has 0 aromatic carbocycles. The first-order valence-corrected chi connectivity index (χ1v) is 5.97. The minimum atomic E-state index is -0.825. The molecule has 2 aliphatic heterocycles. The molecule has 2 atom stereocenters. The number of rotatable bonds is 3. The van der Waals surface area contributed by atoms with Crippen LogP contribution >= 0.6 is 0 Å². The van der Waals surface area contributed by atoms with E-state index in [9.17, 15) is 4.79 Å². The van der Waals surface area contributed by atoms with Gasteiger partial charge in [-0.2, -0.15) is 0 Å². The molecule has 2 aliphatic rings. The lowest BCUT2D eigenvalue weighted by Gasteiger charge is -2.25. The smallest absolute Gasteiger partial charge is 0.242 e. The number of hydrogen-bond donors (Lipinski definition) is 2. The summed E-state index contributed by atoms with van der Waals surface area (Å²) in [5.74, 6) is -0.112. The Bertz CT molecular complexity index is 246. The molecule has 5 nitrogen and oxygen atoms in total. The Morgan fingerprint density at radius 2 is 2.31 bits per heavy atom. The van der Waals surface area contributed by atoms with Gasteiger partial charge in [-0.25, -0.2) is 0 Å². The zero-order chi connectivity index (χ0) is 11.4. The maximum absolute atomic E-state index is 11.8. The van der Waals surface area contributed by atoms with Crippen molar-refractivity contribution in [3.63, 3.8) is 0 Å². The van der Waals surface area contributed by atoms with Crippen molar-refractivity contribution >= 4 is 5.91 Å². The van der Waals surface area contributed by atoms with E-state index < -0.39 is 5.54 Å². The van der Waals surface area contributed by atoms with Gasteiger partial charge in [-0.05, 0) is 25.7 Å². The van der Waals surface area contributed by atoms with Crippen LogP contribution in [0.4, 0.5) is 0 Å². The average molecular weight is 228 g/mol. The van der Waals surface area contributed by atoms with Crippen molar-refractivity contribution in [1.29, 1.82) is 0 Å². The number of nitrogens with two attached hydrogens (primary N) is 1. The Kier molecular flexibility index (Phi) is 3.78. The number of ether oxygens (including phenoxy) is 2. The van der Waals surface area contributed by atoms with Gasteiger partial charge in [0, 0.05) is 19.8 Å². The van der Waals surface area contributed by atoms with E-state index in [0.717, 1.165) is 19.4 Å². The van der Waals surface area contributed by atoms with Crippen LogP contribution in [0.2, 0.25) is 0 Å². The van der Waals surface area contributed by atoms with E-state index in [1.54, 1.807) is 0 Å². The highest BCUT2D eigenvalue weighted by Crippen LogP contribution is 2.16. The van der Waals surface area contributed by atoms with Gasteiger partial charge in [0.2, 0.25) is 5.91 Å². The molecule has 2 rings (SSSR count). The van der Waals surface area contributed by atoms with Crippen molar-refractivity contribution < 1.29 is 14.3 Å². The Balaban J connectivity index is 1.74. The van der Waals surface area contributed by atoms with Gasteiger partial charge in [0.15, 0.2) is 0 Å². The van der Waals surface area contributed by atoms with Gasteiger partial charge in [-0.1, -0.05) is 0 Å². The molecule has 0 radical (unpaired) electrons. The molecule has 0 spiro atoms. The van der Waals surface area contributed by atoms with Crippen molar-refractivity contribution in [1.82, 2.24) is 5.32 Å². The molecule has 2 saturated heterocycles. The van der Waals surface area contributed by atoms with E-state index in [0.29, 0.717) is 26.2 Å². The molecule has 0 aromatic rings. The van der Waals surface area contributed by atoms with Gasteiger partial charge in [0.25, 0.3) is 0 Å². The van der Waals surface area contributed by atoms with Crippen molar-refractivity contribution in [3.8, 4) is 0 Å². The fourth-order valence-electron chi connectivity index (χ4n) is 2.11. The molecule has 5 heteroatoms. The standard InChI is InChI=1S/C11H20N2O3/c12-11(4-6-15-8-11)10(14)13-7-9-3-1-2-5-16-9/h9H,1-8,12H2,(H,13,14). The first kappa shape index (κ1) is 11.8. The maximum atomic E-state index is 11.8. The largest absolute Gasteiger partial charge is 0.379 e. The Morgan fingerprint density at radius 1 is 1.44 bits per heavy atom. The summed E-state index contributed by atoms with van der Waals surface area (Å²) in [4.78, 5) is 11.8. The van der Waals surface area contributed by atoms with E-state index in [4.69, 9.17) is 15.2 Å². The number of nitrogens with one attached hydrogen (secondary N) is 1.